The molecule has 5 rings (SSSR count). The van der Waals surface area contributed by atoms with E-state index in [1.54, 1.807) is 18.2 Å². The van der Waals surface area contributed by atoms with Crippen LogP contribution in [0, 0.1) is 11.3 Å². The Hall–Kier alpha value is -4.35. The zero-order chi connectivity index (χ0) is 24.0. The predicted octanol–water partition coefficient (Wildman–Crippen LogP) is 4.34. The zero-order valence-corrected chi connectivity index (χ0v) is 19.1. The van der Waals surface area contributed by atoms with E-state index in [0.29, 0.717) is 43.3 Å². The van der Waals surface area contributed by atoms with Crippen molar-refractivity contribution in [1.82, 2.24) is 15.0 Å². The highest BCUT2D eigenvalue weighted by molar-refractivity contribution is 5.91. The number of hydrogen-bond acceptors (Lipinski definition) is 7. The van der Waals surface area contributed by atoms with Crippen LogP contribution in [0.3, 0.4) is 0 Å². The molecule has 0 aliphatic carbocycles. The Morgan fingerprint density at radius 1 is 1.03 bits per heavy atom. The predicted molar refractivity (Wildman–Crippen MR) is 127 cm³/mol. The molecule has 35 heavy (non-hydrogen) atoms. The standard InChI is InChI=1S/C27H24N4O4/c28-17-20-3-1-4-21(15-20)19-34-24-8-6-22(7-9-24)26-16-23(29-35-26)18-30-10-12-31(13-11-30)27(32)25-5-2-14-33-25/h1-9,14-16H,10-13,18-19H2. The molecule has 3 heterocycles. The van der Waals surface area contributed by atoms with E-state index in [0.717, 1.165) is 35.7 Å². The lowest BCUT2D eigenvalue weighted by Crippen LogP contribution is -2.48. The summed E-state index contributed by atoms with van der Waals surface area (Å²) in [5.74, 6) is 1.74. The summed E-state index contributed by atoms with van der Waals surface area (Å²) in [6, 6.07) is 22.5. The molecule has 2 aromatic heterocycles. The monoisotopic (exact) mass is 468 g/mol. The molecule has 1 aliphatic heterocycles. The Kier molecular flexibility index (Phi) is 6.59. The van der Waals surface area contributed by atoms with E-state index in [4.69, 9.17) is 18.9 Å². The van der Waals surface area contributed by atoms with Crippen molar-refractivity contribution in [2.75, 3.05) is 26.2 Å². The molecule has 176 valence electrons. The second-order valence-electron chi connectivity index (χ2n) is 8.35. The smallest absolute Gasteiger partial charge is 0.289 e. The van der Waals surface area contributed by atoms with Gasteiger partial charge in [0, 0.05) is 44.4 Å². The number of ether oxygens (including phenoxy) is 1. The van der Waals surface area contributed by atoms with E-state index in [2.05, 4.69) is 16.1 Å². The van der Waals surface area contributed by atoms with Crippen LogP contribution in [0.4, 0.5) is 0 Å². The van der Waals surface area contributed by atoms with Crippen molar-refractivity contribution >= 4 is 5.91 Å². The van der Waals surface area contributed by atoms with Gasteiger partial charge in [-0.05, 0) is 54.1 Å². The lowest BCUT2D eigenvalue weighted by molar-refractivity contribution is 0.0595. The Balaban J connectivity index is 1.13. The van der Waals surface area contributed by atoms with Gasteiger partial charge >= 0.3 is 0 Å². The summed E-state index contributed by atoms with van der Waals surface area (Å²) in [4.78, 5) is 16.5. The molecule has 0 unspecified atom stereocenters. The van der Waals surface area contributed by atoms with E-state index in [1.165, 1.54) is 6.26 Å². The van der Waals surface area contributed by atoms with Gasteiger partial charge in [0.05, 0.1) is 23.6 Å². The van der Waals surface area contributed by atoms with Crippen molar-refractivity contribution in [2.45, 2.75) is 13.2 Å². The number of amides is 1. The first-order chi connectivity index (χ1) is 17.2. The SMILES string of the molecule is N#Cc1cccc(COc2ccc(-c3cc(CN4CCN(C(=O)c5ccco5)CC4)no3)cc2)c1. The van der Waals surface area contributed by atoms with E-state index < -0.39 is 0 Å². The fourth-order valence-corrected chi connectivity index (χ4v) is 4.03. The number of benzene rings is 2. The molecule has 0 saturated carbocycles. The first-order valence-corrected chi connectivity index (χ1v) is 11.4. The summed E-state index contributed by atoms with van der Waals surface area (Å²) in [5, 5.41) is 13.2. The average Bonchev–Trinajstić information content (AvgIpc) is 3.61. The van der Waals surface area contributed by atoms with Crippen LogP contribution in [-0.2, 0) is 13.2 Å². The molecule has 0 spiro atoms. The van der Waals surface area contributed by atoms with Crippen molar-refractivity contribution < 1.29 is 18.5 Å². The number of carbonyl (C=O) groups is 1. The topological polar surface area (TPSA) is 95.7 Å². The lowest BCUT2D eigenvalue weighted by atomic mass is 10.1. The molecule has 1 aliphatic rings. The van der Waals surface area contributed by atoms with Crippen LogP contribution in [0.1, 0.15) is 27.4 Å². The molecule has 0 N–H and O–H groups in total. The average molecular weight is 469 g/mol. The molecule has 0 radical (unpaired) electrons. The van der Waals surface area contributed by atoms with Crippen molar-refractivity contribution in [3.8, 4) is 23.1 Å². The summed E-state index contributed by atoms with van der Waals surface area (Å²) in [7, 11) is 0. The Morgan fingerprint density at radius 3 is 2.60 bits per heavy atom. The number of nitrogens with zero attached hydrogens (tertiary/aromatic N) is 4. The molecular formula is C27H24N4O4. The largest absolute Gasteiger partial charge is 0.489 e. The van der Waals surface area contributed by atoms with Crippen molar-refractivity contribution in [2.24, 2.45) is 0 Å². The molecule has 4 aromatic rings. The summed E-state index contributed by atoms with van der Waals surface area (Å²) >= 11 is 0. The highest BCUT2D eigenvalue weighted by Gasteiger charge is 2.24. The van der Waals surface area contributed by atoms with Crippen molar-refractivity contribution in [1.29, 1.82) is 5.26 Å². The van der Waals surface area contributed by atoms with Crippen LogP contribution in [0.15, 0.2) is 81.9 Å². The van der Waals surface area contributed by atoms with Gasteiger partial charge in [-0.1, -0.05) is 17.3 Å². The van der Waals surface area contributed by atoms with Gasteiger partial charge in [0.15, 0.2) is 11.5 Å². The third kappa shape index (κ3) is 5.42. The van der Waals surface area contributed by atoms with Gasteiger partial charge in [-0.15, -0.1) is 0 Å². The van der Waals surface area contributed by atoms with Crippen LogP contribution in [0.25, 0.3) is 11.3 Å². The minimum atomic E-state index is -0.0681. The highest BCUT2D eigenvalue weighted by atomic mass is 16.5. The van der Waals surface area contributed by atoms with Gasteiger partial charge in [0.1, 0.15) is 12.4 Å². The molecule has 1 fully saturated rings. The Labute approximate surface area is 202 Å². The number of rotatable bonds is 7. The summed E-state index contributed by atoms with van der Waals surface area (Å²) in [6.45, 7) is 3.87. The van der Waals surface area contributed by atoms with Gasteiger partial charge in [0.25, 0.3) is 5.91 Å². The van der Waals surface area contributed by atoms with E-state index in [-0.39, 0.29) is 5.91 Å². The van der Waals surface area contributed by atoms with Crippen LogP contribution in [-0.4, -0.2) is 47.0 Å². The number of piperazine rings is 1. The maximum Gasteiger partial charge on any atom is 0.289 e. The minimum absolute atomic E-state index is 0.0681. The van der Waals surface area contributed by atoms with Crippen LogP contribution in [0.5, 0.6) is 5.75 Å². The van der Waals surface area contributed by atoms with Crippen LogP contribution >= 0.6 is 0 Å². The maximum absolute atomic E-state index is 12.4. The lowest BCUT2D eigenvalue weighted by Gasteiger charge is -2.33. The minimum Gasteiger partial charge on any atom is -0.489 e. The summed E-state index contributed by atoms with van der Waals surface area (Å²) < 4.78 is 16.6. The van der Waals surface area contributed by atoms with E-state index in [9.17, 15) is 4.79 Å². The molecule has 8 heteroatoms. The number of furan rings is 1. The molecule has 8 nitrogen and oxygen atoms in total. The number of carbonyl (C=O) groups excluding carboxylic acids is 1. The van der Waals surface area contributed by atoms with Crippen LogP contribution in [0.2, 0.25) is 0 Å². The zero-order valence-electron chi connectivity index (χ0n) is 19.1. The van der Waals surface area contributed by atoms with Gasteiger partial charge in [-0.3, -0.25) is 9.69 Å². The fraction of sp³-hybridized carbons (Fsp3) is 0.222. The third-order valence-electron chi connectivity index (χ3n) is 5.94. The fourth-order valence-electron chi connectivity index (χ4n) is 4.03. The molecule has 1 amide bonds. The third-order valence-corrected chi connectivity index (χ3v) is 5.94. The van der Waals surface area contributed by atoms with Crippen molar-refractivity contribution in [3.05, 3.63) is 95.6 Å². The van der Waals surface area contributed by atoms with Gasteiger partial charge in [0.2, 0.25) is 0 Å². The molecular weight excluding hydrogens is 444 g/mol. The second kappa shape index (κ2) is 10.3. The van der Waals surface area contributed by atoms with E-state index >= 15 is 0 Å². The number of nitriles is 1. The second-order valence-corrected chi connectivity index (χ2v) is 8.35. The Morgan fingerprint density at radius 2 is 1.86 bits per heavy atom. The molecule has 2 aromatic carbocycles. The van der Waals surface area contributed by atoms with Gasteiger partial charge in [-0.25, -0.2) is 0 Å². The number of aromatic nitrogens is 1. The van der Waals surface area contributed by atoms with Gasteiger partial charge in [-0.2, -0.15) is 5.26 Å². The quantitative estimate of drug-likeness (QED) is 0.398. The van der Waals surface area contributed by atoms with Crippen LogP contribution < -0.4 is 4.74 Å². The van der Waals surface area contributed by atoms with Crippen molar-refractivity contribution in [3.63, 3.8) is 0 Å². The molecule has 0 atom stereocenters. The normalized spacial score (nSPS) is 14.0. The molecule has 0 bridgehead atoms. The molecule has 1 saturated heterocycles. The first kappa shape index (κ1) is 22.4. The maximum atomic E-state index is 12.4. The van der Waals surface area contributed by atoms with E-state index in [1.807, 2.05) is 53.4 Å². The first-order valence-electron chi connectivity index (χ1n) is 11.4. The number of hydrogen-bond donors (Lipinski definition) is 0. The summed E-state index contributed by atoms with van der Waals surface area (Å²) in [5.41, 5.74) is 3.32. The summed E-state index contributed by atoms with van der Waals surface area (Å²) in [6.07, 6.45) is 1.52. The van der Waals surface area contributed by atoms with Gasteiger partial charge < -0.3 is 18.6 Å². The highest BCUT2D eigenvalue weighted by Crippen LogP contribution is 2.24. The Bertz CT molecular complexity index is 1310.